The summed E-state index contributed by atoms with van der Waals surface area (Å²) in [4.78, 5) is 27.3. The van der Waals surface area contributed by atoms with Crippen LogP contribution in [0, 0.1) is 10.1 Å². The number of imidazole rings is 1. The van der Waals surface area contributed by atoms with Gasteiger partial charge in [0.2, 0.25) is 0 Å². The van der Waals surface area contributed by atoms with Crippen LogP contribution in [0.3, 0.4) is 0 Å². The van der Waals surface area contributed by atoms with Gasteiger partial charge in [-0.25, -0.2) is 14.8 Å². The molecule has 0 saturated carbocycles. The Labute approximate surface area is 126 Å². The first-order valence-corrected chi connectivity index (χ1v) is 6.62. The molecule has 0 radical (unpaired) electrons. The second kappa shape index (κ2) is 7.18. The summed E-state index contributed by atoms with van der Waals surface area (Å²) in [5.41, 5.74) is -0.896. The summed E-state index contributed by atoms with van der Waals surface area (Å²) < 4.78 is 5.00. The Morgan fingerprint density at radius 2 is 2.18 bits per heavy atom. The molecule has 1 heterocycles. The summed E-state index contributed by atoms with van der Waals surface area (Å²) in [5.74, 6) is -0.480. The van der Waals surface area contributed by atoms with E-state index in [1.807, 2.05) is 0 Å². The molecule has 0 spiro atoms. The number of nitrogens with zero attached hydrogens (tertiary/aromatic N) is 2. The molecule has 10 heteroatoms. The number of carbonyl (C=O) groups is 1. The molecule has 22 heavy (non-hydrogen) atoms. The van der Waals surface area contributed by atoms with E-state index in [2.05, 4.69) is 15.3 Å². The van der Waals surface area contributed by atoms with Crippen molar-refractivity contribution in [1.29, 1.82) is 0 Å². The van der Waals surface area contributed by atoms with E-state index in [1.165, 1.54) is 0 Å². The molecule has 2 atom stereocenters. The molecular weight excluding hydrogens is 296 g/mol. The lowest BCUT2D eigenvalue weighted by atomic mass is 10.1. The third kappa shape index (κ3) is 5.30. The molecule has 0 saturated heterocycles. The molecule has 10 nitrogen and oxygen atoms in total. The maximum Gasteiger partial charge on any atom is 0.407 e. The van der Waals surface area contributed by atoms with Crippen LogP contribution in [0.15, 0.2) is 6.33 Å². The molecule has 2 unspecified atom stereocenters. The zero-order chi connectivity index (χ0) is 16.9. The van der Waals surface area contributed by atoms with Crippen LogP contribution in [0.4, 0.5) is 10.6 Å². The Morgan fingerprint density at radius 1 is 1.55 bits per heavy atom. The van der Waals surface area contributed by atoms with Crippen molar-refractivity contribution in [2.45, 2.75) is 45.0 Å². The molecule has 4 N–H and O–H groups in total. The van der Waals surface area contributed by atoms with Gasteiger partial charge in [-0.2, -0.15) is 0 Å². The van der Waals surface area contributed by atoms with E-state index < -0.39 is 34.6 Å². The number of aliphatic hydroxyl groups excluding tert-OH is 2. The second-order valence-electron chi connectivity index (χ2n) is 5.62. The fraction of sp³-hybridized carbons (Fsp3) is 0.667. The van der Waals surface area contributed by atoms with Gasteiger partial charge >= 0.3 is 11.9 Å². The molecule has 124 valence electrons. The molecule has 0 aliphatic carbocycles. The first-order chi connectivity index (χ1) is 10.1. The molecule has 0 bridgehead atoms. The van der Waals surface area contributed by atoms with Crippen LogP contribution in [0.25, 0.3) is 0 Å². The summed E-state index contributed by atoms with van der Waals surface area (Å²) in [6.07, 6.45) is -2.48. The van der Waals surface area contributed by atoms with Gasteiger partial charge in [-0.1, -0.05) is 0 Å². The Balaban J connectivity index is 2.48. The lowest BCUT2D eigenvalue weighted by Crippen LogP contribution is -2.34. The number of aliphatic hydroxyl groups is 2. The average Bonchev–Trinajstić information content (AvgIpc) is 2.84. The van der Waals surface area contributed by atoms with Crippen molar-refractivity contribution in [3.8, 4) is 0 Å². The summed E-state index contributed by atoms with van der Waals surface area (Å²) in [7, 11) is 0. The van der Waals surface area contributed by atoms with E-state index in [-0.39, 0.29) is 18.7 Å². The molecule has 1 aromatic heterocycles. The van der Waals surface area contributed by atoms with Crippen LogP contribution in [0.2, 0.25) is 0 Å². The van der Waals surface area contributed by atoms with Gasteiger partial charge in [0.15, 0.2) is 12.0 Å². The van der Waals surface area contributed by atoms with E-state index in [0.29, 0.717) is 0 Å². The number of rotatable bonds is 6. The lowest BCUT2D eigenvalue weighted by molar-refractivity contribution is -0.390. The minimum absolute atomic E-state index is 0.0234. The molecule has 0 aliphatic heterocycles. The predicted octanol–water partition coefficient (Wildman–Crippen LogP) is 0.627. The van der Waals surface area contributed by atoms with Gasteiger partial charge in [-0.05, 0) is 32.1 Å². The van der Waals surface area contributed by atoms with Crippen LogP contribution in [0.1, 0.15) is 39.0 Å². The number of hydrogen-bond acceptors (Lipinski definition) is 7. The molecule has 1 rings (SSSR count). The van der Waals surface area contributed by atoms with Crippen molar-refractivity contribution in [2.24, 2.45) is 0 Å². The highest BCUT2D eigenvalue weighted by Gasteiger charge is 2.28. The topological polar surface area (TPSA) is 151 Å². The third-order valence-corrected chi connectivity index (χ3v) is 2.58. The number of H-pyrrole nitrogens is 1. The Hall–Kier alpha value is -2.20. The highest BCUT2D eigenvalue weighted by Crippen LogP contribution is 2.24. The van der Waals surface area contributed by atoms with Crippen LogP contribution in [-0.2, 0) is 4.74 Å². The second-order valence-corrected chi connectivity index (χ2v) is 5.62. The summed E-state index contributed by atoms with van der Waals surface area (Å²) >= 11 is 0. The fourth-order valence-electron chi connectivity index (χ4n) is 1.64. The average molecular weight is 316 g/mol. The number of alkyl carbamates (subject to hydrolysis) is 1. The number of nitro groups is 1. The Kier molecular flexibility index (Phi) is 5.83. The van der Waals surface area contributed by atoms with Gasteiger partial charge in [0.25, 0.3) is 0 Å². The van der Waals surface area contributed by atoms with Crippen molar-refractivity contribution in [3.63, 3.8) is 0 Å². The molecule has 0 aromatic carbocycles. The molecule has 1 aromatic rings. The van der Waals surface area contributed by atoms with Crippen molar-refractivity contribution in [1.82, 2.24) is 15.3 Å². The van der Waals surface area contributed by atoms with Crippen LogP contribution < -0.4 is 5.32 Å². The number of nitrogens with one attached hydrogen (secondary N) is 2. The normalized spacial score (nSPS) is 14.2. The quantitative estimate of drug-likeness (QED) is 0.443. The van der Waals surface area contributed by atoms with E-state index in [1.54, 1.807) is 20.8 Å². The zero-order valence-electron chi connectivity index (χ0n) is 12.6. The molecular formula is C12H20N4O6. The van der Waals surface area contributed by atoms with Crippen molar-refractivity contribution in [3.05, 3.63) is 22.1 Å². The van der Waals surface area contributed by atoms with E-state index >= 15 is 0 Å². The van der Waals surface area contributed by atoms with Crippen LogP contribution in [0.5, 0.6) is 0 Å². The SMILES string of the molecule is CC(C)(C)OC(=O)NCCC(O)C(O)c1nc[nH]c1[N+](=O)[O-]. The van der Waals surface area contributed by atoms with Gasteiger partial charge in [0, 0.05) is 6.54 Å². The fourth-order valence-corrected chi connectivity index (χ4v) is 1.64. The third-order valence-electron chi connectivity index (χ3n) is 2.58. The van der Waals surface area contributed by atoms with E-state index in [9.17, 15) is 25.1 Å². The standard InChI is InChI=1S/C12H20N4O6/c1-12(2,3)22-11(19)13-5-4-7(17)9(18)8-10(16(20)21)15-6-14-8/h6-7,9,17-18H,4-5H2,1-3H3,(H,13,19)(H,14,15). The Morgan fingerprint density at radius 3 is 2.73 bits per heavy atom. The largest absolute Gasteiger partial charge is 0.444 e. The van der Waals surface area contributed by atoms with E-state index in [0.717, 1.165) is 6.33 Å². The molecule has 1 amide bonds. The van der Waals surface area contributed by atoms with Gasteiger partial charge in [-0.3, -0.25) is 0 Å². The molecule has 0 aliphatic rings. The smallest absolute Gasteiger partial charge is 0.407 e. The minimum atomic E-state index is -1.54. The van der Waals surface area contributed by atoms with Gasteiger partial charge < -0.3 is 30.4 Å². The number of aromatic nitrogens is 2. The van der Waals surface area contributed by atoms with E-state index in [4.69, 9.17) is 4.74 Å². The van der Waals surface area contributed by atoms with Gasteiger partial charge in [0.05, 0.1) is 6.10 Å². The summed E-state index contributed by atoms with van der Waals surface area (Å²) in [6.45, 7) is 5.16. The number of amides is 1. The first-order valence-electron chi connectivity index (χ1n) is 6.62. The number of ether oxygens (including phenoxy) is 1. The highest BCUT2D eigenvalue weighted by atomic mass is 16.6. The van der Waals surface area contributed by atoms with Gasteiger partial charge in [0.1, 0.15) is 11.7 Å². The summed E-state index contributed by atoms with van der Waals surface area (Å²) in [6, 6.07) is 0. The van der Waals surface area contributed by atoms with Crippen molar-refractivity contribution in [2.75, 3.05) is 6.54 Å². The highest BCUT2D eigenvalue weighted by molar-refractivity contribution is 5.67. The van der Waals surface area contributed by atoms with Crippen molar-refractivity contribution >= 4 is 11.9 Å². The van der Waals surface area contributed by atoms with Gasteiger partial charge in [-0.15, -0.1) is 0 Å². The maximum atomic E-state index is 11.4. The predicted molar refractivity (Wildman–Crippen MR) is 75.1 cm³/mol. The zero-order valence-corrected chi connectivity index (χ0v) is 12.6. The lowest BCUT2D eigenvalue weighted by Gasteiger charge is -2.20. The number of hydrogen-bond donors (Lipinski definition) is 4. The monoisotopic (exact) mass is 316 g/mol. The first kappa shape index (κ1) is 17.9. The number of carbonyl (C=O) groups excluding carboxylic acids is 1. The van der Waals surface area contributed by atoms with Crippen LogP contribution >= 0.6 is 0 Å². The Bertz CT molecular complexity index is 524. The van der Waals surface area contributed by atoms with Crippen molar-refractivity contribution < 1.29 is 24.7 Å². The summed E-state index contributed by atoms with van der Waals surface area (Å²) in [5, 5.41) is 32.8. The number of aromatic amines is 1. The molecule has 0 fully saturated rings. The van der Waals surface area contributed by atoms with Crippen LogP contribution in [-0.4, -0.2) is 49.4 Å². The maximum absolute atomic E-state index is 11.4. The minimum Gasteiger partial charge on any atom is -0.444 e.